The molecule has 0 radical (unpaired) electrons. The Kier molecular flexibility index (Phi) is 5.56. The summed E-state index contributed by atoms with van der Waals surface area (Å²) < 4.78 is 38.7. The van der Waals surface area contributed by atoms with E-state index in [1.165, 1.54) is 6.07 Å². The zero-order valence-electron chi connectivity index (χ0n) is 16.7. The van der Waals surface area contributed by atoms with E-state index in [0.717, 1.165) is 12.1 Å². The summed E-state index contributed by atoms with van der Waals surface area (Å²) in [6, 6.07) is 4.98. The molecule has 156 valence electrons. The first-order valence-electron chi connectivity index (χ1n) is 9.47. The zero-order valence-corrected chi connectivity index (χ0v) is 16.7. The van der Waals surface area contributed by atoms with Crippen LogP contribution in [0.3, 0.4) is 0 Å². The van der Waals surface area contributed by atoms with Gasteiger partial charge in [-0.25, -0.2) is 4.98 Å². The van der Waals surface area contributed by atoms with Crippen molar-refractivity contribution in [2.45, 2.75) is 52.8 Å². The molecule has 1 aromatic heterocycles. The molecule has 0 spiro atoms. The molecule has 1 N–H and O–H groups in total. The minimum atomic E-state index is -4.42. The third kappa shape index (κ3) is 5.25. The Balaban J connectivity index is 1.79. The van der Waals surface area contributed by atoms with Crippen LogP contribution < -0.4 is 5.56 Å². The van der Waals surface area contributed by atoms with Crippen LogP contribution in [-0.2, 0) is 30.4 Å². The van der Waals surface area contributed by atoms with Crippen LogP contribution in [0.2, 0.25) is 0 Å². The number of aromatic amines is 1. The molecule has 0 saturated heterocycles. The lowest BCUT2D eigenvalue weighted by Crippen LogP contribution is -2.41. The van der Waals surface area contributed by atoms with Crippen LogP contribution in [-0.4, -0.2) is 27.3 Å². The summed E-state index contributed by atoms with van der Waals surface area (Å²) in [4.78, 5) is 33.8. The van der Waals surface area contributed by atoms with Crippen molar-refractivity contribution in [2.75, 3.05) is 6.54 Å². The SMILES string of the molecule is CC(C)(C)CC(=O)N1CCc2nc(Cc3cccc(C(F)(F)F)c3)[nH]c(=O)c2C1. The summed E-state index contributed by atoms with van der Waals surface area (Å²) in [5.74, 6) is 0.318. The van der Waals surface area contributed by atoms with E-state index in [9.17, 15) is 22.8 Å². The molecule has 0 aliphatic carbocycles. The van der Waals surface area contributed by atoms with E-state index in [0.29, 0.717) is 42.0 Å². The van der Waals surface area contributed by atoms with Crippen molar-refractivity contribution in [3.63, 3.8) is 0 Å². The molecule has 1 amide bonds. The monoisotopic (exact) mass is 407 g/mol. The molecule has 0 saturated carbocycles. The van der Waals surface area contributed by atoms with Crippen molar-refractivity contribution >= 4 is 5.91 Å². The average Bonchev–Trinajstić information content (AvgIpc) is 2.59. The summed E-state index contributed by atoms with van der Waals surface area (Å²) in [6.07, 6.45) is -3.49. The van der Waals surface area contributed by atoms with Gasteiger partial charge in [0.05, 0.1) is 23.4 Å². The highest BCUT2D eigenvalue weighted by molar-refractivity contribution is 5.77. The molecule has 1 aromatic carbocycles. The van der Waals surface area contributed by atoms with E-state index in [1.54, 1.807) is 11.0 Å². The standard InChI is InChI=1S/C21H24F3N3O2/c1-20(2,3)11-18(28)27-8-7-16-15(12-27)19(29)26-17(25-16)10-13-5-4-6-14(9-13)21(22,23)24/h4-6,9H,7-8,10-12H2,1-3H3,(H,25,26,29). The van der Waals surface area contributed by atoms with Gasteiger partial charge in [0.25, 0.3) is 5.56 Å². The van der Waals surface area contributed by atoms with Gasteiger partial charge in [0.2, 0.25) is 5.91 Å². The summed E-state index contributed by atoms with van der Waals surface area (Å²) in [5.41, 5.74) is 0.257. The third-order valence-electron chi connectivity index (χ3n) is 4.78. The van der Waals surface area contributed by atoms with Crippen LogP contribution in [0.25, 0.3) is 0 Å². The van der Waals surface area contributed by atoms with Crippen LogP contribution in [0.5, 0.6) is 0 Å². The fraction of sp³-hybridized carbons (Fsp3) is 0.476. The predicted octanol–water partition coefficient (Wildman–Crippen LogP) is 3.70. The molecule has 0 unspecified atom stereocenters. The Morgan fingerprint density at radius 3 is 2.62 bits per heavy atom. The molecule has 8 heteroatoms. The molecule has 0 bridgehead atoms. The molecule has 3 rings (SSSR count). The minimum absolute atomic E-state index is 0.00408. The van der Waals surface area contributed by atoms with Gasteiger partial charge in [-0.1, -0.05) is 39.0 Å². The van der Waals surface area contributed by atoms with Crippen molar-refractivity contribution in [3.05, 3.63) is 62.8 Å². The number of fused-ring (bicyclic) bond motifs is 1. The van der Waals surface area contributed by atoms with Crippen molar-refractivity contribution < 1.29 is 18.0 Å². The van der Waals surface area contributed by atoms with Gasteiger partial charge in [-0.3, -0.25) is 9.59 Å². The van der Waals surface area contributed by atoms with E-state index in [1.807, 2.05) is 20.8 Å². The number of carbonyl (C=O) groups is 1. The van der Waals surface area contributed by atoms with Gasteiger partial charge in [0, 0.05) is 25.8 Å². The number of halogens is 3. The molecule has 0 atom stereocenters. The maximum atomic E-state index is 12.9. The summed E-state index contributed by atoms with van der Waals surface area (Å²) in [7, 11) is 0. The number of hydrogen-bond donors (Lipinski definition) is 1. The number of aromatic nitrogens is 2. The van der Waals surface area contributed by atoms with Crippen molar-refractivity contribution in [2.24, 2.45) is 5.41 Å². The van der Waals surface area contributed by atoms with Gasteiger partial charge in [0.15, 0.2) is 0 Å². The second-order valence-electron chi connectivity index (χ2n) is 8.62. The highest BCUT2D eigenvalue weighted by Crippen LogP contribution is 2.30. The number of alkyl halides is 3. The number of H-pyrrole nitrogens is 1. The fourth-order valence-corrected chi connectivity index (χ4v) is 3.39. The van der Waals surface area contributed by atoms with Crippen molar-refractivity contribution in [3.8, 4) is 0 Å². The molecule has 5 nitrogen and oxygen atoms in total. The lowest BCUT2D eigenvalue weighted by atomic mass is 9.91. The first-order chi connectivity index (χ1) is 13.4. The second-order valence-corrected chi connectivity index (χ2v) is 8.62. The Labute approximate surface area is 167 Å². The molecular formula is C21H24F3N3O2. The van der Waals surface area contributed by atoms with E-state index in [2.05, 4.69) is 9.97 Å². The zero-order chi connectivity index (χ0) is 21.4. The van der Waals surface area contributed by atoms with Crippen LogP contribution in [0.1, 0.15) is 55.4 Å². The first-order valence-corrected chi connectivity index (χ1v) is 9.47. The Morgan fingerprint density at radius 1 is 1.24 bits per heavy atom. The average molecular weight is 407 g/mol. The molecule has 29 heavy (non-hydrogen) atoms. The van der Waals surface area contributed by atoms with Gasteiger partial charge in [-0.2, -0.15) is 13.2 Å². The number of benzene rings is 1. The van der Waals surface area contributed by atoms with Gasteiger partial charge in [-0.05, 0) is 17.0 Å². The lowest BCUT2D eigenvalue weighted by Gasteiger charge is -2.30. The van der Waals surface area contributed by atoms with Crippen LogP contribution >= 0.6 is 0 Å². The number of rotatable bonds is 3. The van der Waals surface area contributed by atoms with E-state index in [4.69, 9.17) is 0 Å². The Bertz CT molecular complexity index is 974. The normalized spacial score (nSPS) is 14.6. The summed E-state index contributed by atoms with van der Waals surface area (Å²) in [6.45, 7) is 6.63. The number of carbonyl (C=O) groups excluding carboxylic acids is 1. The molecule has 2 aromatic rings. The van der Waals surface area contributed by atoms with Gasteiger partial charge in [-0.15, -0.1) is 0 Å². The van der Waals surface area contributed by atoms with E-state index >= 15 is 0 Å². The smallest absolute Gasteiger partial charge is 0.338 e. The van der Waals surface area contributed by atoms with Crippen LogP contribution in [0, 0.1) is 5.41 Å². The van der Waals surface area contributed by atoms with Gasteiger partial charge < -0.3 is 9.88 Å². The van der Waals surface area contributed by atoms with E-state index < -0.39 is 11.7 Å². The number of nitrogens with one attached hydrogen (secondary N) is 1. The highest BCUT2D eigenvalue weighted by Gasteiger charge is 2.30. The maximum absolute atomic E-state index is 12.9. The first kappa shape index (κ1) is 21.1. The van der Waals surface area contributed by atoms with Gasteiger partial charge in [0.1, 0.15) is 5.82 Å². The molecule has 1 aliphatic heterocycles. The second kappa shape index (κ2) is 7.65. The Hall–Kier alpha value is -2.64. The molecule has 2 heterocycles. The molecule has 1 aliphatic rings. The number of hydrogen-bond acceptors (Lipinski definition) is 3. The quantitative estimate of drug-likeness (QED) is 0.844. The third-order valence-corrected chi connectivity index (χ3v) is 4.78. The number of nitrogens with zero attached hydrogens (tertiary/aromatic N) is 2. The van der Waals surface area contributed by atoms with Crippen molar-refractivity contribution in [1.29, 1.82) is 0 Å². The van der Waals surface area contributed by atoms with Crippen molar-refractivity contribution in [1.82, 2.24) is 14.9 Å². The largest absolute Gasteiger partial charge is 0.416 e. The summed E-state index contributed by atoms with van der Waals surface area (Å²) >= 11 is 0. The summed E-state index contributed by atoms with van der Waals surface area (Å²) in [5, 5.41) is 0. The fourth-order valence-electron chi connectivity index (χ4n) is 3.39. The Morgan fingerprint density at radius 2 is 1.97 bits per heavy atom. The van der Waals surface area contributed by atoms with Gasteiger partial charge >= 0.3 is 6.18 Å². The van der Waals surface area contributed by atoms with Crippen LogP contribution in [0.15, 0.2) is 29.1 Å². The topological polar surface area (TPSA) is 66.1 Å². The number of amides is 1. The minimum Gasteiger partial charge on any atom is -0.338 e. The maximum Gasteiger partial charge on any atom is 0.416 e. The molecular weight excluding hydrogens is 383 g/mol. The lowest BCUT2D eigenvalue weighted by molar-refractivity contribution is -0.137. The predicted molar refractivity (Wildman–Crippen MR) is 102 cm³/mol. The van der Waals surface area contributed by atoms with Crippen LogP contribution in [0.4, 0.5) is 13.2 Å². The van der Waals surface area contributed by atoms with E-state index in [-0.39, 0.29) is 29.8 Å². The highest BCUT2D eigenvalue weighted by atomic mass is 19.4. The molecule has 0 fully saturated rings.